The summed E-state index contributed by atoms with van der Waals surface area (Å²) in [6.07, 6.45) is 1.13. The maximum absolute atomic E-state index is 12.8. The van der Waals surface area contributed by atoms with Gasteiger partial charge in [0.2, 0.25) is 15.9 Å². The Morgan fingerprint density at radius 2 is 1.62 bits per heavy atom. The zero-order valence-electron chi connectivity index (χ0n) is 15.1. The molecule has 1 amide bonds. The van der Waals surface area contributed by atoms with Crippen LogP contribution in [0.1, 0.15) is 19.8 Å². The molecule has 2 saturated heterocycles. The average Bonchev–Trinajstić information content (AvgIpc) is 2.68. The van der Waals surface area contributed by atoms with Gasteiger partial charge < -0.3 is 10.0 Å². The van der Waals surface area contributed by atoms with E-state index in [0.29, 0.717) is 43.9 Å². The van der Waals surface area contributed by atoms with Crippen LogP contribution in [0.5, 0.6) is 0 Å². The Kier molecular flexibility index (Phi) is 5.96. The number of nitrogens with zero attached hydrogens (tertiary/aromatic N) is 3. The molecule has 0 saturated carbocycles. The molecule has 1 N–H and O–H groups in total. The van der Waals surface area contributed by atoms with Gasteiger partial charge in [-0.15, -0.1) is 0 Å². The van der Waals surface area contributed by atoms with Crippen molar-refractivity contribution < 1.29 is 18.3 Å². The second-order valence-electron chi connectivity index (χ2n) is 6.99. The lowest BCUT2D eigenvalue weighted by Gasteiger charge is -2.39. The van der Waals surface area contributed by atoms with E-state index < -0.39 is 10.0 Å². The van der Waals surface area contributed by atoms with E-state index in [-0.39, 0.29) is 18.1 Å². The topological polar surface area (TPSA) is 81.2 Å². The predicted molar refractivity (Wildman–Crippen MR) is 98.1 cm³/mol. The molecule has 8 heteroatoms. The maximum atomic E-state index is 12.8. The quantitative estimate of drug-likeness (QED) is 0.815. The van der Waals surface area contributed by atoms with Crippen LogP contribution in [0.3, 0.4) is 0 Å². The third-order valence-corrected chi connectivity index (χ3v) is 7.25. The van der Waals surface area contributed by atoms with Crippen LogP contribution in [0.15, 0.2) is 35.2 Å². The number of piperazine rings is 1. The SMILES string of the molecule is C[C@H](C(=O)N1CCN(S(=O)(=O)c2ccccc2)CC1)N1CCC(O)CC1. The fraction of sp³-hybridized carbons (Fsp3) is 0.611. The minimum Gasteiger partial charge on any atom is -0.393 e. The lowest BCUT2D eigenvalue weighted by atomic mass is 10.1. The summed E-state index contributed by atoms with van der Waals surface area (Å²) in [6.45, 7) is 4.78. The molecule has 1 aromatic rings. The number of carbonyl (C=O) groups excluding carboxylic acids is 1. The Hall–Kier alpha value is -1.48. The van der Waals surface area contributed by atoms with Crippen molar-refractivity contribution in [2.24, 2.45) is 0 Å². The van der Waals surface area contributed by atoms with Crippen LogP contribution in [-0.2, 0) is 14.8 Å². The molecule has 26 heavy (non-hydrogen) atoms. The summed E-state index contributed by atoms with van der Waals surface area (Å²) in [5.41, 5.74) is 0. The van der Waals surface area contributed by atoms with Crippen LogP contribution < -0.4 is 0 Å². The van der Waals surface area contributed by atoms with Crippen LogP contribution in [0, 0.1) is 0 Å². The summed E-state index contributed by atoms with van der Waals surface area (Å²) in [5, 5.41) is 9.61. The number of hydrogen-bond acceptors (Lipinski definition) is 5. The maximum Gasteiger partial charge on any atom is 0.243 e. The molecule has 1 aromatic carbocycles. The van der Waals surface area contributed by atoms with E-state index in [0.717, 1.165) is 13.1 Å². The number of aliphatic hydroxyl groups excluding tert-OH is 1. The number of amides is 1. The van der Waals surface area contributed by atoms with Crippen molar-refractivity contribution in [3.05, 3.63) is 30.3 Å². The van der Waals surface area contributed by atoms with Crippen LogP contribution >= 0.6 is 0 Å². The number of rotatable bonds is 4. The summed E-state index contributed by atoms with van der Waals surface area (Å²) >= 11 is 0. The van der Waals surface area contributed by atoms with Crippen molar-refractivity contribution in [1.82, 2.24) is 14.1 Å². The Morgan fingerprint density at radius 1 is 1.04 bits per heavy atom. The van der Waals surface area contributed by atoms with E-state index in [4.69, 9.17) is 0 Å². The first-order valence-electron chi connectivity index (χ1n) is 9.15. The summed E-state index contributed by atoms with van der Waals surface area (Å²) in [5.74, 6) is 0.0400. The lowest BCUT2D eigenvalue weighted by molar-refractivity contribution is -0.138. The van der Waals surface area contributed by atoms with Gasteiger partial charge in [0.25, 0.3) is 0 Å². The fourth-order valence-corrected chi connectivity index (χ4v) is 5.03. The van der Waals surface area contributed by atoms with E-state index in [1.165, 1.54) is 4.31 Å². The monoisotopic (exact) mass is 381 g/mol. The molecule has 7 nitrogen and oxygen atoms in total. The minimum absolute atomic E-state index is 0.0400. The van der Waals surface area contributed by atoms with Gasteiger partial charge in [-0.25, -0.2) is 8.42 Å². The average molecular weight is 381 g/mol. The molecule has 2 aliphatic heterocycles. The van der Waals surface area contributed by atoms with Gasteiger partial charge in [0.1, 0.15) is 0 Å². The molecule has 144 valence electrons. The van der Waals surface area contributed by atoms with E-state index in [2.05, 4.69) is 4.90 Å². The standard InChI is InChI=1S/C18H27N3O4S/c1-15(19-9-7-16(22)8-10-19)18(23)20-11-13-21(14-12-20)26(24,25)17-5-3-2-4-6-17/h2-6,15-16,22H,7-14H2,1H3/t15-/m1/s1. The summed E-state index contributed by atoms with van der Waals surface area (Å²) in [4.78, 5) is 16.9. The van der Waals surface area contributed by atoms with Crippen molar-refractivity contribution in [2.45, 2.75) is 36.8 Å². The third-order valence-electron chi connectivity index (χ3n) is 5.34. The van der Waals surface area contributed by atoms with Gasteiger partial charge in [-0.05, 0) is 31.9 Å². The van der Waals surface area contributed by atoms with Gasteiger partial charge in [0.15, 0.2) is 0 Å². The number of benzene rings is 1. The van der Waals surface area contributed by atoms with Crippen molar-refractivity contribution in [3.63, 3.8) is 0 Å². The van der Waals surface area contributed by atoms with Gasteiger partial charge in [0.05, 0.1) is 17.0 Å². The van der Waals surface area contributed by atoms with Crippen LogP contribution in [-0.4, -0.2) is 85.0 Å². The van der Waals surface area contributed by atoms with Crippen molar-refractivity contribution in [1.29, 1.82) is 0 Å². The highest BCUT2D eigenvalue weighted by atomic mass is 32.2. The molecular formula is C18H27N3O4S. The van der Waals surface area contributed by atoms with E-state index >= 15 is 0 Å². The van der Waals surface area contributed by atoms with Gasteiger partial charge in [0, 0.05) is 39.3 Å². The van der Waals surface area contributed by atoms with Crippen LogP contribution in [0.2, 0.25) is 0 Å². The summed E-state index contributed by atoms with van der Waals surface area (Å²) < 4.78 is 26.8. The Labute approximate surface area is 155 Å². The first-order chi connectivity index (χ1) is 12.4. The molecule has 0 aromatic heterocycles. The number of piperidine rings is 1. The first kappa shape index (κ1) is 19.3. The number of carbonyl (C=O) groups is 1. The molecule has 3 rings (SSSR count). The highest BCUT2D eigenvalue weighted by Gasteiger charge is 2.33. The van der Waals surface area contributed by atoms with Crippen LogP contribution in [0.4, 0.5) is 0 Å². The summed E-state index contributed by atoms with van der Waals surface area (Å²) in [7, 11) is -3.50. The van der Waals surface area contributed by atoms with Gasteiger partial charge >= 0.3 is 0 Å². The van der Waals surface area contributed by atoms with Crippen LogP contribution in [0.25, 0.3) is 0 Å². The second-order valence-corrected chi connectivity index (χ2v) is 8.92. The van der Waals surface area contributed by atoms with Crippen molar-refractivity contribution >= 4 is 15.9 Å². The smallest absolute Gasteiger partial charge is 0.243 e. The molecule has 2 aliphatic rings. The zero-order valence-corrected chi connectivity index (χ0v) is 15.9. The highest BCUT2D eigenvalue weighted by Crippen LogP contribution is 2.19. The minimum atomic E-state index is -3.50. The van der Waals surface area contributed by atoms with E-state index in [1.807, 2.05) is 6.92 Å². The Bertz CT molecular complexity index is 709. The summed E-state index contributed by atoms with van der Waals surface area (Å²) in [6, 6.07) is 8.17. The van der Waals surface area contributed by atoms with Gasteiger partial charge in [-0.3, -0.25) is 9.69 Å². The lowest BCUT2D eigenvalue weighted by Crippen LogP contribution is -2.56. The number of hydrogen-bond donors (Lipinski definition) is 1. The van der Waals surface area contributed by atoms with Gasteiger partial charge in [-0.2, -0.15) is 4.31 Å². The molecule has 0 aliphatic carbocycles. The second kappa shape index (κ2) is 8.04. The Balaban J connectivity index is 1.57. The molecule has 0 unspecified atom stereocenters. The van der Waals surface area contributed by atoms with E-state index in [1.54, 1.807) is 35.2 Å². The van der Waals surface area contributed by atoms with Crippen molar-refractivity contribution in [3.8, 4) is 0 Å². The Morgan fingerprint density at radius 3 is 2.19 bits per heavy atom. The zero-order chi connectivity index (χ0) is 18.7. The number of aliphatic hydroxyl groups is 1. The molecular weight excluding hydrogens is 354 g/mol. The fourth-order valence-electron chi connectivity index (χ4n) is 3.58. The first-order valence-corrected chi connectivity index (χ1v) is 10.6. The predicted octanol–water partition coefficient (Wildman–Crippen LogP) is 0.365. The highest BCUT2D eigenvalue weighted by molar-refractivity contribution is 7.89. The number of sulfonamides is 1. The van der Waals surface area contributed by atoms with Gasteiger partial charge in [-0.1, -0.05) is 18.2 Å². The largest absolute Gasteiger partial charge is 0.393 e. The third kappa shape index (κ3) is 4.09. The van der Waals surface area contributed by atoms with Crippen molar-refractivity contribution in [2.75, 3.05) is 39.3 Å². The number of likely N-dealkylation sites (tertiary alicyclic amines) is 1. The molecule has 1 atom stereocenters. The normalized spacial score (nSPS) is 22.3. The molecule has 0 radical (unpaired) electrons. The molecule has 2 fully saturated rings. The molecule has 0 spiro atoms. The van der Waals surface area contributed by atoms with E-state index in [9.17, 15) is 18.3 Å². The molecule has 0 bridgehead atoms. The molecule has 2 heterocycles.